The van der Waals surface area contributed by atoms with E-state index in [1.165, 1.54) is 17.7 Å². The minimum atomic E-state index is -0.301. The number of aliphatic hydroxyl groups excluding tert-OH is 1. The lowest BCUT2D eigenvalue weighted by molar-refractivity contribution is -0.120. The Hall–Kier alpha value is -2.24. The summed E-state index contributed by atoms with van der Waals surface area (Å²) in [6.45, 7) is 2.84. The van der Waals surface area contributed by atoms with E-state index >= 15 is 0 Å². The first kappa shape index (κ1) is 17.6. The molecular formula is C20H23FN2O2. The fraction of sp³-hybridized carbons (Fsp3) is 0.350. The fourth-order valence-corrected chi connectivity index (χ4v) is 3.12. The number of carbonyl (C=O) groups excluding carboxylic acids is 1. The lowest BCUT2D eigenvalue weighted by Gasteiger charge is -2.18. The Morgan fingerprint density at radius 3 is 2.56 bits per heavy atom. The number of nitrogens with zero attached hydrogens (tertiary/aromatic N) is 1. The van der Waals surface area contributed by atoms with Crippen LogP contribution in [0.1, 0.15) is 23.1 Å². The monoisotopic (exact) mass is 342 g/mol. The molecule has 2 aromatic rings. The molecule has 2 N–H and O–H groups in total. The van der Waals surface area contributed by atoms with E-state index in [2.05, 4.69) is 16.3 Å². The van der Waals surface area contributed by atoms with E-state index in [1.54, 1.807) is 12.1 Å². The van der Waals surface area contributed by atoms with Crippen molar-refractivity contribution in [2.24, 2.45) is 0 Å². The molecule has 132 valence electrons. The number of hydrogen-bond donors (Lipinski definition) is 2. The maximum Gasteiger partial charge on any atom is 0.224 e. The summed E-state index contributed by atoms with van der Waals surface area (Å²) < 4.78 is 12.9. The maximum absolute atomic E-state index is 12.9. The Labute approximate surface area is 147 Å². The van der Waals surface area contributed by atoms with Gasteiger partial charge < -0.3 is 10.4 Å². The molecule has 1 heterocycles. The van der Waals surface area contributed by atoms with Gasteiger partial charge in [0.05, 0.1) is 12.5 Å². The summed E-state index contributed by atoms with van der Waals surface area (Å²) in [5.74, 6) is -0.386. The summed E-state index contributed by atoms with van der Waals surface area (Å²) in [7, 11) is 0. The summed E-state index contributed by atoms with van der Waals surface area (Å²) >= 11 is 0. The van der Waals surface area contributed by atoms with Gasteiger partial charge in [0, 0.05) is 26.2 Å². The third-order valence-electron chi connectivity index (χ3n) is 4.51. The van der Waals surface area contributed by atoms with Crippen molar-refractivity contribution in [2.45, 2.75) is 32.0 Å². The predicted molar refractivity (Wildman–Crippen MR) is 94.3 cm³/mol. The van der Waals surface area contributed by atoms with Crippen molar-refractivity contribution >= 4 is 5.91 Å². The van der Waals surface area contributed by atoms with Crippen molar-refractivity contribution in [2.75, 3.05) is 13.1 Å². The minimum Gasteiger partial charge on any atom is -0.392 e. The zero-order valence-corrected chi connectivity index (χ0v) is 14.1. The Morgan fingerprint density at radius 1 is 1.16 bits per heavy atom. The van der Waals surface area contributed by atoms with Gasteiger partial charge in [0.1, 0.15) is 5.82 Å². The van der Waals surface area contributed by atoms with Crippen molar-refractivity contribution in [1.82, 2.24) is 10.2 Å². The van der Waals surface area contributed by atoms with E-state index < -0.39 is 0 Å². The first-order chi connectivity index (χ1) is 12.1. The second-order valence-corrected chi connectivity index (χ2v) is 6.53. The van der Waals surface area contributed by atoms with E-state index in [-0.39, 0.29) is 24.2 Å². The first-order valence-corrected chi connectivity index (χ1v) is 8.58. The molecule has 5 heteroatoms. The number of halogens is 1. The minimum absolute atomic E-state index is 0.0852. The van der Waals surface area contributed by atoms with E-state index in [4.69, 9.17) is 0 Å². The van der Waals surface area contributed by atoms with E-state index in [9.17, 15) is 14.3 Å². The van der Waals surface area contributed by atoms with E-state index in [1.807, 2.05) is 18.2 Å². The summed E-state index contributed by atoms with van der Waals surface area (Å²) in [6.07, 6.45) is 0.819. The van der Waals surface area contributed by atoms with Crippen molar-refractivity contribution in [3.05, 3.63) is 71.0 Å². The highest BCUT2D eigenvalue weighted by atomic mass is 19.1. The highest BCUT2D eigenvalue weighted by molar-refractivity contribution is 5.78. The largest absolute Gasteiger partial charge is 0.392 e. The number of likely N-dealkylation sites (tertiary alicyclic amines) is 1. The van der Waals surface area contributed by atoms with Crippen molar-refractivity contribution < 1.29 is 14.3 Å². The standard InChI is InChI=1S/C20H23FN2O2/c21-18-7-5-15(6-8-18)11-20(25)22-12-16-3-1-2-4-17(16)13-23-10-9-19(24)14-23/h1-8,19,24H,9-14H2,(H,22,25)/t19-/m1/s1. The molecule has 4 nitrogen and oxygen atoms in total. The molecule has 1 atom stereocenters. The van der Waals surface area contributed by atoms with Gasteiger partial charge in [-0.05, 0) is 35.2 Å². The number of nitrogens with one attached hydrogen (secondary N) is 1. The smallest absolute Gasteiger partial charge is 0.224 e. The second-order valence-electron chi connectivity index (χ2n) is 6.53. The Balaban J connectivity index is 1.55. The Bertz CT molecular complexity index is 718. The van der Waals surface area contributed by atoms with Gasteiger partial charge in [-0.1, -0.05) is 36.4 Å². The first-order valence-electron chi connectivity index (χ1n) is 8.58. The molecule has 1 fully saturated rings. The second kappa shape index (κ2) is 8.23. The van der Waals surface area contributed by atoms with E-state index in [0.717, 1.165) is 30.6 Å². The van der Waals surface area contributed by atoms with Crippen LogP contribution in [0.3, 0.4) is 0 Å². The summed E-state index contributed by atoms with van der Waals surface area (Å²) in [4.78, 5) is 14.3. The maximum atomic E-state index is 12.9. The molecule has 25 heavy (non-hydrogen) atoms. The number of hydrogen-bond acceptors (Lipinski definition) is 3. The molecule has 0 bridgehead atoms. The highest BCUT2D eigenvalue weighted by Crippen LogP contribution is 2.16. The van der Waals surface area contributed by atoms with Crippen molar-refractivity contribution in [3.63, 3.8) is 0 Å². The van der Waals surface area contributed by atoms with Gasteiger partial charge in [-0.25, -0.2) is 4.39 Å². The van der Waals surface area contributed by atoms with Crippen LogP contribution in [0, 0.1) is 5.82 Å². The van der Waals surface area contributed by atoms with Crippen LogP contribution in [0.15, 0.2) is 48.5 Å². The van der Waals surface area contributed by atoms with Gasteiger partial charge in [0.25, 0.3) is 0 Å². The number of β-amino-alcohol motifs (C(OH)–C–C–N with tert-alkyl or cyclic N) is 1. The quantitative estimate of drug-likeness (QED) is 0.847. The van der Waals surface area contributed by atoms with Gasteiger partial charge >= 0.3 is 0 Å². The Kier molecular flexibility index (Phi) is 5.79. The van der Waals surface area contributed by atoms with Gasteiger partial charge in [0.2, 0.25) is 5.91 Å². The van der Waals surface area contributed by atoms with Gasteiger partial charge in [-0.3, -0.25) is 9.69 Å². The van der Waals surface area contributed by atoms with Gasteiger partial charge in [-0.15, -0.1) is 0 Å². The zero-order valence-electron chi connectivity index (χ0n) is 14.1. The summed E-state index contributed by atoms with van der Waals surface area (Å²) in [5, 5.41) is 12.6. The normalized spacial score (nSPS) is 17.6. The molecule has 0 unspecified atom stereocenters. The summed E-state index contributed by atoms with van der Waals surface area (Å²) in [5.41, 5.74) is 3.04. The van der Waals surface area contributed by atoms with Crippen LogP contribution in [0.5, 0.6) is 0 Å². The molecule has 0 spiro atoms. The molecule has 0 saturated carbocycles. The molecule has 0 aliphatic carbocycles. The molecule has 1 saturated heterocycles. The Morgan fingerprint density at radius 2 is 1.88 bits per heavy atom. The third kappa shape index (κ3) is 5.11. The number of carbonyl (C=O) groups is 1. The van der Waals surface area contributed by atoms with Crippen LogP contribution in [0.25, 0.3) is 0 Å². The number of aliphatic hydroxyl groups is 1. The number of benzene rings is 2. The number of amides is 1. The fourth-order valence-electron chi connectivity index (χ4n) is 3.12. The number of rotatable bonds is 6. The van der Waals surface area contributed by atoms with Crippen LogP contribution in [-0.4, -0.2) is 35.1 Å². The topological polar surface area (TPSA) is 52.6 Å². The molecule has 1 aliphatic rings. The molecular weight excluding hydrogens is 319 g/mol. The van der Waals surface area contributed by atoms with E-state index in [0.29, 0.717) is 13.1 Å². The van der Waals surface area contributed by atoms with Crippen LogP contribution in [0.4, 0.5) is 4.39 Å². The lowest BCUT2D eigenvalue weighted by atomic mass is 10.1. The molecule has 1 amide bonds. The van der Waals surface area contributed by atoms with Crippen LogP contribution >= 0.6 is 0 Å². The van der Waals surface area contributed by atoms with Crippen LogP contribution in [0.2, 0.25) is 0 Å². The van der Waals surface area contributed by atoms with Crippen LogP contribution in [-0.2, 0) is 24.3 Å². The third-order valence-corrected chi connectivity index (χ3v) is 4.51. The van der Waals surface area contributed by atoms with Gasteiger partial charge in [-0.2, -0.15) is 0 Å². The van der Waals surface area contributed by atoms with Crippen molar-refractivity contribution in [1.29, 1.82) is 0 Å². The predicted octanol–water partition coefficient (Wildman–Crippen LogP) is 2.25. The summed E-state index contributed by atoms with van der Waals surface area (Å²) in [6, 6.07) is 14.0. The lowest BCUT2D eigenvalue weighted by Crippen LogP contribution is -2.26. The molecule has 3 rings (SSSR count). The van der Waals surface area contributed by atoms with Crippen molar-refractivity contribution in [3.8, 4) is 0 Å². The SMILES string of the molecule is O=C(Cc1ccc(F)cc1)NCc1ccccc1CN1CC[C@@H](O)C1. The average Bonchev–Trinajstić information content (AvgIpc) is 3.01. The highest BCUT2D eigenvalue weighted by Gasteiger charge is 2.20. The molecule has 0 aromatic heterocycles. The molecule has 1 aliphatic heterocycles. The molecule has 0 radical (unpaired) electrons. The molecule has 2 aromatic carbocycles. The van der Waals surface area contributed by atoms with Crippen LogP contribution < -0.4 is 5.32 Å². The van der Waals surface area contributed by atoms with Gasteiger partial charge in [0.15, 0.2) is 0 Å². The average molecular weight is 342 g/mol. The zero-order chi connectivity index (χ0) is 17.6.